The molecule has 0 atom stereocenters. The average Bonchev–Trinajstić information content (AvgIpc) is 2.85. The molecule has 2 aromatic heterocycles. The molecule has 0 amide bonds. The minimum Gasteiger partial charge on any atom is -0.496 e. The molecule has 0 aliphatic carbocycles. The van der Waals surface area contributed by atoms with E-state index in [0.717, 1.165) is 22.5 Å². The lowest BCUT2D eigenvalue weighted by molar-refractivity contribution is 0.416. The van der Waals surface area contributed by atoms with Gasteiger partial charge in [0.15, 0.2) is 5.69 Å². The first kappa shape index (κ1) is 12.2. The van der Waals surface area contributed by atoms with Crippen molar-refractivity contribution < 1.29 is 4.74 Å². The van der Waals surface area contributed by atoms with Crippen molar-refractivity contribution in [3.8, 4) is 23.1 Å². The maximum Gasteiger partial charge on any atom is 0.152 e. The number of hydrogen-bond acceptors (Lipinski definition) is 3. The van der Waals surface area contributed by atoms with Gasteiger partial charge in [0.05, 0.1) is 7.11 Å². The lowest BCUT2D eigenvalue weighted by atomic mass is 10.1. The summed E-state index contributed by atoms with van der Waals surface area (Å²) >= 11 is 0. The van der Waals surface area contributed by atoms with Gasteiger partial charge in [0.1, 0.15) is 23.2 Å². The molecule has 0 saturated carbocycles. The number of imidazole rings is 1. The van der Waals surface area contributed by atoms with E-state index in [0.29, 0.717) is 11.4 Å². The Labute approximate surface area is 116 Å². The number of hydrogen-bond donors (Lipinski definition) is 0. The molecule has 0 unspecified atom stereocenters. The van der Waals surface area contributed by atoms with Crippen molar-refractivity contribution in [2.45, 2.75) is 6.92 Å². The Hall–Kier alpha value is -2.80. The molecule has 0 fully saturated rings. The van der Waals surface area contributed by atoms with E-state index in [1.807, 2.05) is 49.5 Å². The molecule has 0 N–H and O–H groups in total. The van der Waals surface area contributed by atoms with Crippen LogP contribution in [0.4, 0.5) is 0 Å². The number of fused-ring (bicyclic) bond motifs is 1. The first-order valence-corrected chi connectivity index (χ1v) is 6.27. The van der Waals surface area contributed by atoms with Crippen LogP contribution in [0.5, 0.6) is 5.75 Å². The summed E-state index contributed by atoms with van der Waals surface area (Å²) in [4.78, 5) is 4.56. The number of benzene rings is 1. The van der Waals surface area contributed by atoms with Crippen LogP contribution < -0.4 is 4.74 Å². The quantitative estimate of drug-likeness (QED) is 0.713. The summed E-state index contributed by atoms with van der Waals surface area (Å²) in [5.41, 5.74) is 3.86. The van der Waals surface area contributed by atoms with E-state index in [2.05, 4.69) is 11.1 Å². The lowest BCUT2D eigenvalue weighted by Crippen LogP contribution is -1.92. The Balaban J connectivity index is 2.35. The number of ether oxygens (including phenoxy) is 1. The minimum atomic E-state index is 0.518. The second-order valence-electron chi connectivity index (χ2n) is 4.55. The van der Waals surface area contributed by atoms with E-state index in [9.17, 15) is 5.26 Å². The molecule has 3 rings (SSSR count). The van der Waals surface area contributed by atoms with Crippen molar-refractivity contribution in [2.75, 3.05) is 7.11 Å². The van der Waals surface area contributed by atoms with Gasteiger partial charge in [0, 0.05) is 11.8 Å². The van der Waals surface area contributed by atoms with E-state index < -0.39 is 0 Å². The number of rotatable bonds is 2. The monoisotopic (exact) mass is 263 g/mol. The number of nitrogens with zero attached hydrogens (tertiary/aromatic N) is 3. The maximum atomic E-state index is 9.45. The van der Waals surface area contributed by atoms with Crippen LogP contribution in [-0.2, 0) is 0 Å². The van der Waals surface area contributed by atoms with Crippen molar-refractivity contribution in [1.82, 2.24) is 9.38 Å². The minimum absolute atomic E-state index is 0.518. The van der Waals surface area contributed by atoms with Crippen LogP contribution >= 0.6 is 0 Å². The van der Waals surface area contributed by atoms with Gasteiger partial charge in [-0.1, -0.05) is 17.7 Å². The Morgan fingerprint density at radius 3 is 2.85 bits per heavy atom. The van der Waals surface area contributed by atoms with Crippen LogP contribution in [-0.4, -0.2) is 16.5 Å². The van der Waals surface area contributed by atoms with Gasteiger partial charge in [0.2, 0.25) is 0 Å². The molecule has 2 heterocycles. The Bertz CT molecular complexity index is 827. The van der Waals surface area contributed by atoms with Gasteiger partial charge in [0.25, 0.3) is 0 Å². The highest BCUT2D eigenvalue weighted by atomic mass is 16.5. The van der Waals surface area contributed by atoms with Crippen LogP contribution in [0.3, 0.4) is 0 Å². The van der Waals surface area contributed by atoms with Crippen molar-refractivity contribution >= 4 is 5.65 Å². The number of pyridine rings is 1. The highest BCUT2D eigenvalue weighted by Gasteiger charge is 2.17. The zero-order valence-electron chi connectivity index (χ0n) is 11.3. The van der Waals surface area contributed by atoms with Gasteiger partial charge in [-0.05, 0) is 31.2 Å². The fourth-order valence-electron chi connectivity index (χ4n) is 2.30. The van der Waals surface area contributed by atoms with Crippen LogP contribution in [0.2, 0.25) is 0 Å². The first-order chi connectivity index (χ1) is 9.74. The number of nitriles is 1. The van der Waals surface area contributed by atoms with Crippen molar-refractivity contribution in [1.29, 1.82) is 5.26 Å². The molecular formula is C16H13N3O. The van der Waals surface area contributed by atoms with Crippen LogP contribution in [0.1, 0.15) is 11.3 Å². The summed E-state index contributed by atoms with van der Waals surface area (Å²) in [6, 6.07) is 13.8. The van der Waals surface area contributed by atoms with Crippen LogP contribution in [0.15, 0.2) is 42.6 Å². The Morgan fingerprint density at radius 1 is 1.25 bits per heavy atom. The van der Waals surface area contributed by atoms with Gasteiger partial charge in [-0.25, -0.2) is 4.98 Å². The number of methoxy groups -OCH3 is 1. The smallest absolute Gasteiger partial charge is 0.152 e. The SMILES string of the molecule is COc1ccc(C)cc1-c1nc2ccccn2c1C#N. The second-order valence-corrected chi connectivity index (χ2v) is 4.55. The summed E-state index contributed by atoms with van der Waals surface area (Å²) in [7, 11) is 1.62. The highest BCUT2D eigenvalue weighted by molar-refractivity contribution is 5.75. The van der Waals surface area contributed by atoms with Gasteiger partial charge in [-0.3, -0.25) is 4.40 Å². The standard InChI is InChI=1S/C16H13N3O/c1-11-6-7-14(20-2)12(9-11)16-13(10-17)19-8-4-3-5-15(19)18-16/h3-9H,1-2H3. The van der Waals surface area contributed by atoms with Crippen molar-refractivity contribution in [3.05, 3.63) is 53.9 Å². The molecule has 0 spiro atoms. The third-order valence-corrected chi connectivity index (χ3v) is 3.25. The second kappa shape index (κ2) is 4.71. The summed E-state index contributed by atoms with van der Waals surface area (Å²) in [6.45, 7) is 2.00. The maximum absolute atomic E-state index is 9.45. The Morgan fingerprint density at radius 2 is 2.10 bits per heavy atom. The molecule has 0 bridgehead atoms. The zero-order chi connectivity index (χ0) is 14.1. The summed E-state index contributed by atoms with van der Waals surface area (Å²) in [5.74, 6) is 0.718. The summed E-state index contributed by atoms with van der Waals surface area (Å²) in [5, 5.41) is 9.45. The molecule has 0 aliphatic rings. The predicted molar refractivity (Wildman–Crippen MR) is 76.6 cm³/mol. The first-order valence-electron chi connectivity index (χ1n) is 6.27. The van der Waals surface area contributed by atoms with E-state index >= 15 is 0 Å². The molecular weight excluding hydrogens is 250 g/mol. The fourth-order valence-corrected chi connectivity index (χ4v) is 2.30. The van der Waals surface area contributed by atoms with Gasteiger partial charge in [-0.15, -0.1) is 0 Å². The van der Waals surface area contributed by atoms with E-state index in [1.165, 1.54) is 0 Å². The van der Waals surface area contributed by atoms with Gasteiger partial charge in [-0.2, -0.15) is 5.26 Å². The van der Waals surface area contributed by atoms with Crippen LogP contribution in [0, 0.1) is 18.3 Å². The molecule has 0 saturated heterocycles. The van der Waals surface area contributed by atoms with E-state index in [4.69, 9.17) is 4.74 Å². The topological polar surface area (TPSA) is 50.3 Å². The molecule has 20 heavy (non-hydrogen) atoms. The molecule has 0 aliphatic heterocycles. The molecule has 0 radical (unpaired) electrons. The number of aromatic nitrogens is 2. The molecule has 1 aromatic carbocycles. The third kappa shape index (κ3) is 1.81. The Kier molecular flexibility index (Phi) is 2.88. The fraction of sp³-hybridized carbons (Fsp3) is 0.125. The molecule has 3 aromatic rings. The normalized spacial score (nSPS) is 10.4. The molecule has 4 heteroatoms. The predicted octanol–water partition coefficient (Wildman–Crippen LogP) is 3.19. The third-order valence-electron chi connectivity index (χ3n) is 3.25. The van der Waals surface area contributed by atoms with E-state index in [-0.39, 0.29) is 0 Å². The number of aryl methyl sites for hydroxylation is 1. The average molecular weight is 263 g/mol. The summed E-state index contributed by atoms with van der Waals surface area (Å²) in [6.07, 6.45) is 1.84. The molecule has 98 valence electrons. The van der Waals surface area contributed by atoms with Crippen LogP contribution in [0.25, 0.3) is 16.9 Å². The lowest BCUT2D eigenvalue weighted by Gasteiger charge is -2.07. The van der Waals surface area contributed by atoms with Gasteiger partial charge >= 0.3 is 0 Å². The van der Waals surface area contributed by atoms with Gasteiger partial charge < -0.3 is 4.74 Å². The zero-order valence-corrected chi connectivity index (χ0v) is 11.3. The molecule has 4 nitrogen and oxygen atoms in total. The largest absolute Gasteiger partial charge is 0.496 e. The highest BCUT2D eigenvalue weighted by Crippen LogP contribution is 2.32. The summed E-state index contributed by atoms with van der Waals surface area (Å²) < 4.78 is 7.18. The van der Waals surface area contributed by atoms with Crippen molar-refractivity contribution in [2.24, 2.45) is 0 Å². The van der Waals surface area contributed by atoms with E-state index in [1.54, 1.807) is 11.5 Å². The van der Waals surface area contributed by atoms with Crippen molar-refractivity contribution in [3.63, 3.8) is 0 Å².